The molecule has 5 rings (SSSR count). The summed E-state index contributed by atoms with van der Waals surface area (Å²) in [6.45, 7) is 2.49. The molecule has 3 aliphatic rings. The van der Waals surface area contributed by atoms with E-state index < -0.39 is 5.54 Å². The third-order valence-corrected chi connectivity index (χ3v) is 7.54. The Bertz CT molecular complexity index is 1010. The van der Waals surface area contributed by atoms with Gasteiger partial charge in [-0.15, -0.1) is 0 Å². The van der Waals surface area contributed by atoms with Crippen LogP contribution in [0.3, 0.4) is 0 Å². The number of likely N-dealkylation sites (tertiary alicyclic amines) is 1. The van der Waals surface area contributed by atoms with E-state index in [2.05, 4.69) is 16.3 Å². The van der Waals surface area contributed by atoms with Gasteiger partial charge in [-0.2, -0.15) is 0 Å². The van der Waals surface area contributed by atoms with Gasteiger partial charge in [-0.1, -0.05) is 25.3 Å². The Balaban J connectivity index is 1.42. The van der Waals surface area contributed by atoms with Crippen LogP contribution >= 0.6 is 0 Å². The molecular weight excluding hydrogens is 390 g/mol. The topological polar surface area (TPSA) is 63.6 Å². The molecule has 1 aromatic heterocycles. The number of benzene rings is 1. The van der Waals surface area contributed by atoms with Crippen molar-refractivity contribution in [1.82, 2.24) is 9.47 Å². The molecule has 1 saturated carbocycles. The van der Waals surface area contributed by atoms with Crippen molar-refractivity contribution in [1.29, 1.82) is 0 Å². The van der Waals surface area contributed by atoms with E-state index in [1.807, 2.05) is 34.9 Å². The van der Waals surface area contributed by atoms with Gasteiger partial charge >= 0.3 is 0 Å². The molecule has 1 aliphatic carbocycles. The maximum absolute atomic E-state index is 13.7. The number of carbonyl (C=O) groups excluding carboxylic acids is 1. The van der Waals surface area contributed by atoms with Crippen LogP contribution in [0.1, 0.15) is 50.1 Å². The predicted molar refractivity (Wildman–Crippen MR) is 121 cm³/mol. The Hall–Kier alpha value is -2.60. The Morgan fingerprint density at radius 2 is 1.81 bits per heavy atom. The summed E-state index contributed by atoms with van der Waals surface area (Å²) in [6, 6.07) is 13.2. The van der Waals surface area contributed by atoms with Gasteiger partial charge in [0.2, 0.25) is 5.91 Å². The fourth-order valence-corrected chi connectivity index (χ4v) is 5.99. The standard InChI is InChI=1S/C25H31N3O3/c1-31-21-10-8-20(9-11-21)26-24(30)25(12-3-2-4-13-25)27-15-18-14-19(17-27)22-6-5-7-23(29)28(22)16-18/h5-11,18-19H,2-4,12-17H2,1H3,(H,26,30). The van der Waals surface area contributed by atoms with Crippen LogP contribution < -0.4 is 15.6 Å². The Kier molecular flexibility index (Phi) is 5.34. The number of rotatable bonds is 4. The van der Waals surface area contributed by atoms with Gasteiger partial charge in [-0.25, -0.2) is 0 Å². The molecule has 164 valence electrons. The number of nitrogens with zero attached hydrogens (tertiary/aromatic N) is 2. The lowest BCUT2D eigenvalue weighted by atomic mass is 9.75. The second-order valence-corrected chi connectivity index (χ2v) is 9.38. The van der Waals surface area contributed by atoms with Gasteiger partial charge in [-0.05, 0) is 55.5 Å². The van der Waals surface area contributed by atoms with E-state index in [1.165, 1.54) is 6.42 Å². The first kappa shape index (κ1) is 20.3. The largest absolute Gasteiger partial charge is 0.497 e. The zero-order chi connectivity index (χ0) is 21.4. The minimum atomic E-state index is -0.466. The highest BCUT2D eigenvalue weighted by Crippen LogP contribution is 2.42. The third-order valence-electron chi connectivity index (χ3n) is 7.54. The van der Waals surface area contributed by atoms with Crippen LogP contribution in [-0.4, -0.2) is 41.1 Å². The second kappa shape index (κ2) is 8.15. The van der Waals surface area contributed by atoms with Crippen LogP contribution in [0.15, 0.2) is 47.3 Å². The Morgan fingerprint density at radius 1 is 1.03 bits per heavy atom. The summed E-state index contributed by atoms with van der Waals surface area (Å²) in [4.78, 5) is 28.6. The second-order valence-electron chi connectivity index (χ2n) is 9.38. The summed E-state index contributed by atoms with van der Waals surface area (Å²) >= 11 is 0. The number of amides is 1. The maximum atomic E-state index is 13.7. The number of hydrogen-bond donors (Lipinski definition) is 1. The highest BCUT2D eigenvalue weighted by Gasteiger charge is 2.48. The van der Waals surface area contributed by atoms with Crippen molar-refractivity contribution in [3.05, 3.63) is 58.5 Å². The number of piperidine rings is 1. The molecule has 2 aliphatic heterocycles. The van der Waals surface area contributed by atoms with Crippen LogP contribution in [0.5, 0.6) is 5.75 Å². The molecule has 6 nitrogen and oxygen atoms in total. The molecule has 1 amide bonds. The first-order chi connectivity index (χ1) is 15.1. The number of carbonyl (C=O) groups is 1. The van der Waals surface area contributed by atoms with E-state index in [0.29, 0.717) is 11.8 Å². The van der Waals surface area contributed by atoms with Crippen molar-refractivity contribution in [2.75, 3.05) is 25.5 Å². The van der Waals surface area contributed by atoms with E-state index in [9.17, 15) is 9.59 Å². The maximum Gasteiger partial charge on any atom is 0.250 e. The highest BCUT2D eigenvalue weighted by atomic mass is 16.5. The molecular formula is C25H31N3O3. The zero-order valence-corrected chi connectivity index (χ0v) is 18.2. The molecule has 2 aromatic rings. The molecule has 2 bridgehead atoms. The average Bonchev–Trinajstić information content (AvgIpc) is 2.80. The van der Waals surface area contributed by atoms with Gasteiger partial charge in [-0.3, -0.25) is 14.5 Å². The van der Waals surface area contributed by atoms with Gasteiger partial charge in [0.15, 0.2) is 0 Å². The third kappa shape index (κ3) is 3.67. The first-order valence-corrected chi connectivity index (χ1v) is 11.5. The summed E-state index contributed by atoms with van der Waals surface area (Å²) in [7, 11) is 1.64. The van der Waals surface area contributed by atoms with Crippen molar-refractivity contribution in [2.45, 2.75) is 56.5 Å². The van der Waals surface area contributed by atoms with E-state index >= 15 is 0 Å². The molecule has 2 atom stereocenters. The lowest BCUT2D eigenvalue weighted by molar-refractivity contribution is -0.133. The summed E-state index contributed by atoms with van der Waals surface area (Å²) < 4.78 is 7.20. The normalized spacial score (nSPS) is 24.8. The number of pyridine rings is 1. The van der Waals surface area contributed by atoms with Crippen molar-refractivity contribution in [3.63, 3.8) is 0 Å². The summed E-state index contributed by atoms with van der Waals surface area (Å²) in [6.07, 6.45) is 6.26. The molecule has 1 saturated heterocycles. The number of aromatic nitrogens is 1. The van der Waals surface area contributed by atoms with Crippen molar-refractivity contribution in [2.24, 2.45) is 5.92 Å². The Morgan fingerprint density at radius 3 is 2.55 bits per heavy atom. The molecule has 0 spiro atoms. The van der Waals surface area contributed by atoms with Crippen LogP contribution in [0.4, 0.5) is 5.69 Å². The van der Waals surface area contributed by atoms with E-state index in [1.54, 1.807) is 13.2 Å². The quantitative estimate of drug-likeness (QED) is 0.819. The fraction of sp³-hybridized carbons (Fsp3) is 0.520. The minimum Gasteiger partial charge on any atom is -0.497 e. The molecule has 3 heterocycles. The number of methoxy groups -OCH3 is 1. The fourth-order valence-electron chi connectivity index (χ4n) is 5.99. The van der Waals surface area contributed by atoms with Crippen LogP contribution in [0, 0.1) is 5.92 Å². The predicted octanol–water partition coefficient (Wildman–Crippen LogP) is 3.62. The summed E-state index contributed by atoms with van der Waals surface area (Å²) in [5, 5.41) is 3.20. The number of nitrogens with one attached hydrogen (secondary N) is 1. The van der Waals surface area contributed by atoms with Crippen molar-refractivity contribution >= 4 is 11.6 Å². The SMILES string of the molecule is COc1ccc(NC(=O)C2(N3CC4CC(C3)c3cccc(=O)n3C4)CCCCC2)cc1. The smallest absolute Gasteiger partial charge is 0.250 e. The Labute approximate surface area is 183 Å². The monoisotopic (exact) mass is 421 g/mol. The molecule has 1 aromatic carbocycles. The van der Waals surface area contributed by atoms with Gasteiger partial charge in [0.05, 0.1) is 7.11 Å². The molecule has 0 radical (unpaired) electrons. The van der Waals surface area contributed by atoms with E-state index in [4.69, 9.17) is 4.74 Å². The average molecular weight is 422 g/mol. The van der Waals surface area contributed by atoms with Gasteiger partial charge in [0, 0.05) is 43.0 Å². The van der Waals surface area contributed by atoms with Crippen LogP contribution in [0.2, 0.25) is 0 Å². The number of anilines is 1. The van der Waals surface area contributed by atoms with Crippen molar-refractivity contribution < 1.29 is 9.53 Å². The van der Waals surface area contributed by atoms with Crippen LogP contribution in [0.25, 0.3) is 0 Å². The lowest BCUT2D eigenvalue weighted by Gasteiger charge is -2.52. The minimum absolute atomic E-state index is 0.102. The van der Waals surface area contributed by atoms with E-state index in [0.717, 1.165) is 68.9 Å². The summed E-state index contributed by atoms with van der Waals surface area (Å²) in [5.41, 5.74) is 1.58. The molecule has 6 heteroatoms. The number of fused-ring (bicyclic) bond motifs is 4. The van der Waals surface area contributed by atoms with E-state index in [-0.39, 0.29) is 11.5 Å². The first-order valence-electron chi connectivity index (χ1n) is 11.5. The summed E-state index contributed by atoms with van der Waals surface area (Å²) in [5.74, 6) is 1.62. The van der Waals surface area contributed by atoms with Crippen molar-refractivity contribution in [3.8, 4) is 5.75 Å². The van der Waals surface area contributed by atoms with Gasteiger partial charge in [0.25, 0.3) is 5.56 Å². The lowest BCUT2D eigenvalue weighted by Crippen LogP contribution is -2.62. The number of hydrogen-bond acceptors (Lipinski definition) is 4. The number of ether oxygens (including phenoxy) is 1. The zero-order valence-electron chi connectivity index (χ0n) is 18.2. The van der Waals surface area contributed by atoms with Crippen LogP contribution in [-0.2, 0) is 11.3 Å². The molecule has 31 heavy (non-hydrogen) atoms. The highest BCUT2D eigenvalue weighted by molar-refractivity contribution is 5.98. The van der Waals surface area contributed by atoms with Gasteiger partial charge in [0.1, 0.15) is 11.3 Å². The van der Waals surface area contributed by atoms with Gasteiger partial charge < -0.3 is 14.6 Å². The molecule has 1 N–H and O–H groups in total. The molecule has 2 unspecified atom stereocenters. The molecule has 2 fully saturated rings.